The van der Waals surface area contributed by atoms with Crippen molar-refractivity contribution in [3.05, 3.63) is 35.9 Å². The molecule has 1 amide bonds. The summed E-state index contributed by atoms with van der Waals surface area (Å²) in [6, 6.07) is 10.4. The molecule has 1 aromatic rings. The van der Waals surface area contributed by atoms with Gasteiger partial charge in [0.25, 0.3) is 0 Å². The summed E-state index contributed by atoms with van der Waals surface area (Å²) in [6.07, 6.45) is 6.34. The number of nitrogens with one attached hydrogen (secondary N) is 1. The Balaban J connectivity index is 1.85. The second-order valence-electron chi connectivity index (χ2n) is 6.74. The summed E-state index contributed by atoms with van der Waals surface area (Å²) in [5.74, 6) is 0.705. The molecule has 1 N–H and O–H groups in total. The SMILES string of the molecule is CC(C)C1NC(c2ccccc2)C(=O)N1C1CCCCC1. The van der Waals surface area contributed by atoms with Crippen molar-refractivity contribution in [2.45, 2.75) is 64.2 Å². The molecule has 2 fully saturated rings. The highest BCUT2D eigenvalue weighted by Crippen LogP contribution is 2.33. The van der Waals surface area contributed by atoms with Crippen LogP contribution in [0.2, 0.25) is 0 Å². The summed E-state index contributed by atoms with van der Waals surface area (Å²) in [5, 5.41) is 3.58. The Hall–Kier alpha value is -1.35. The molecule has 0 aromatic heterocycles. The van der Waals surface area contributed by atoms with E-state index in [0.717, 1.165) is 18.4 Å². The minimum atomic E-state index is -0.166. The quantitative estimate of drug-likeness (QED) is 0.922. The van der Waals surface area contributed by atoms with E-state index in [9.17, 15) is 4.79 Å². The largest absolute Gasteiger partial charge is 0.322 e. The monoisotopic (exact) mass is 286 g/mol. The molecule has 3 nitrogen and oxygen atoms in total. The predicted molar refractivity (Wildman–Crippen MR) is 84.7 cm³/mol. The highest BCUT2D eigenvalue weighted by molar-refractivity contribution is 5.86. The summed E-state index contributed by atoms with van der Waals surface area (Å²) >= 11 is 0. The number of benzene rings is 1. The van der Waals surface area contributed by atoms with Gasteiger partial charge in [0.1, 0.15) is 6.04 Å². The van der Waals surface area contributed by atoms with Gasteiger partial charge in [0, 0.05) is 6.04 Å². The molecule has 0 bridgehead atoms. The zero-order valence-electron chi connectivity index (χ0n) is 13.1. The van der Waals surface area contributed by atoms with Crippen molar-refractivity contribution in [3.63, 3.8) is 0 Å². The van der Waals surface area contributed by atoms with E-state index in [4.69, 9.17) is 0 Å². The standard InChI is InChI=1S/C18H26N2O/c1-13(2)17-19-16(14-9-5-3-6-10-14)18(21)20(17)15-11-7-4-8-12-15/h3,5-6,9-10,13,15-17,19H,4,7-8,11-12H2,1-2H3. The number of hydrogen-bond acceptors (Lipinski definition) is 2. The molecule has 3 rings (SSSR count). The maximum atomic E-state index is 13.0. The molecule has 1 aliphatic heterocycles. The molecule has 3 heteroatoms. The lowest BCUT2D eigenvalue weighted by atomic mass is 9.93. The molecule has 1 heterocycles. The first-order valence-corrected chi connectivity index (χ1v) is 8.31. The van der Waals surface area contributed by atoms with Crippen LogP contribution in [0.5, 0.6) is 0 Å². The van der Waals surface area contributed by atoms with Crippen molar-refractivity contribution in [2.75, 3.05) is 0 Å². The number of rotatable bonds is 3. The van der Waals surface area contributed by atoms with Gasteiger partial charge in [-0.15, -0.1) is 0 Å². The van der Waals surface area contributed by atoms with Gasteiger partial charge in [0.2, 0.25) is 5.91 Å². The second kappa shape index (κ2) is 6.18. The lowest BCUT2D eigenvalue weighted by molar-refractivity contribution is -0.133. The Morgan fingerprint density at radius 1 is 1.10 bits per heavy atom. The van der Waals surface area contributed by atoms with Crippen molar-refractivity contribution >= 4 is 5.91 Å². The van der Waals surface area contributed by atoms with Gasteiger partial charge < -0.3 is 4.90 Å². The van der Waals surface area contributed by atoms with Gasteiger partial charge in [0.05, 0.1) is 6.17 Å². The summed E-state index contributed by atoms with van der Waals surface area (Å²) in [6.45, 7) is 4.41. The van der Waals surface area contributed by atoms with E-state index in [-0.39, 0.29) is 18.1 Å². The van der Waals surface area contributed by atoms with Crippen LogP contribution in [0.25, 0.3) is 0 Å². The Bertz CT molecular complexity index is 479. The maximum Gasteiger partial charge on any atom is 0.245 e. The van der Waals surface area contributed by atoms with Crippen LogP contribution in [0.15, 0.2) is 30.3 Å². The van der Waals surface area contributed by atoms with Gasteiger partial charge in [-0.2, -0.15) is 0 Å². The Kier molecular flexibility index (Phi) is 4.29. The summed E-state index contributed by atoms with van der Waals surface area (Å²) in [5.41, 5.74) is 1.09. The van der Waals surface area contributed by atoms with Gasteiger partial charge in [-0.05, 0) is 24.3 Å². The molecule has 1 aromatic carbocycles. The molecule has 0 radical (unpaired) electrons. The van der Waals surface area contributed by atoms with Gasteiger partial charge in [0.15, 0.2) is 0 Å². The van der Waals surface area contributed by atoms with Crippen LogP contribution >= 0.6 is 0 Å². The van der Waals surface area contributed by atoms with E-state index in [1.165, 1.54) is 19.3 Å². The maximum absolute atomic E-state index is 13.0. The van der Waals surface area contributed by atoms with E-state index < -0.39 is 0 Å². The van der Waals surface area contributed by atoms with Crippen molar-refractivity contribution < 1.29 is 4.79 Å². The van der Waals surface area contributed by atoms with Gasteiger partial charge in [-0.1, -0.05) is 63.4 Å². The third kappa shape index (κ3) is 2.84. The molecule has 1 saturated heterocycles. The summed E-state index contributed by atoms with van der Waals surface area (Å²) in [7, 11) is 0. The smallest absolute Gasteiger partial charge is 0.245 e. The first-order chi connectivity index (χ1) is 10.2. The van der Waals surface area contributed by atoms with Crippen LogP contribution in [0.4, 0.5) is 0 Å². The first-order valence-electron chi connectivity index (χ1n) is 8.31. The first kappa shape index (κ1) is 14.6. The molecule has 2 atom stereocenters. The van der Waals surface area contributed by atoms with Crippen LogP contribution in [0.1, 0.15) is 57.6 Å². The third-order valence-corrected chi connectivity index (χ3v) is 4.87. The Morgan fingerprint density at radius 3 is 2.38 bits per heavy atom. The number of carbonyl (C=O) groups is 1. The molecule has 114 valence electrons. The molecule has 2 aliphatic rings. The molecule has 21 heavy (non-hydrogen) atoms. The van der Waals surface area contributed by atoms with Gasteiger partial charge in [-0.25, -0.2) is 0 Å². The molecular weight excluding hydrogens is 260 g/mol. The predicted octanol–water partition coefficient (Wildman–Crippen LogP) is 3.47. The fourth-order valence-corrected chi connectivity index (χ4v) is 3.77. The van der Waals surface area contributed by atoms with E-state index in [2.05, 4.69) is 36.2 Å². The van der Waals surface area contributed by atoms with E-state index >= 15 is 0 Å². The fraction of sp³-hybridized carbons (Fsp3) is 0.611. The zero-order chi connectivity index (χ0) is 14.8. The van der Waals surface area contributed by atoms with Crippen LogP contribution in [-0.2, 0) is 4.79 Å². The van der Waals surface area contributed by atoms with Gasteiger partial charge >= 0.3 is 0 Å². The lowest BCUT2D eigenvalue weighted by Crippen LogP contribution is -2.48. The number of amides is 1. The normalized spacial score (nSPS) is 27.6. The van der Waals surface area contributed by atoms with Crippen molar-refractivity contribution in [1.29, 1.82) is 0 Å². The van der Waals surface area contributed by atoms with Crippen molar-refractivity contribution in [1.82, 2.24) is 10.2 Å². The number of hydrogen-bond donors (Lipinski definition) is 1. The average Bonchev–Trinajstić information content (AvgIpc) is 2.87. The topological polar surface area (TPSA) is 32.3 Å². The number of nitrogens with zero attached hydrogens (tertiary/aromatic N) is 1. The minimum absolute atomic E-state index is 0.166. The molecule has 1 aliphatic carbocycles. The second-order valence-corrected chi connectivity index (χ2v) is 6.74. The summed E-state index contributed by atoms with van der Waals surface area (Å²) in [4.78, 5) is 15.2. The molecule has 0 spiro atoms. The van der Waals surface area contributed by atoms with Crippen LogP contribution in [0, 0.1) is 5.92 Å². The highest BCUT2D eigenvalue weighted by Gasteiger charge is 2.44. The third-order valence-electron chi connectivity index (χ3n) is 4.87. The van der Waals surface area contributed by atoms with E-state index in [1.807, 2.05) is 18.2 Å². The van der Waals surface area contributed by atoms with E-state index in [0.29, 0.717) is 12.0 Å². The minimum Gasteiger partial charge on any atom is -0.322 e. The molecule has 1 saturated carbocycles. The van der Waals surface area contributed by atoms with Gasteiger partial charge in [-0.3, -0.25) is 10.1 Å². The Labute approximate surface area is 127 Å². The molecule has 2 unspecified atom stereocenters. The summed E-state index contributed by atoms with van der Waals surface area (Å²) < 4.78 is 0. The van der Waals surface area contributed by atoms with Crippen LogP contribution in [0.3, 0.4) is 0 Å². The fourth-order valence-electron chi connectivity index (χ4n) is 3.77. The van der Waals surface area contributed by atoms with E-state index in [1.54, 1.807) is 0 Å². The highest BCUT2D eigenvalue weighted by atomic mass is 16.2. The van der Waals surface area contributed by atoms with Crippen LogP contribution in [-0.4, -0.2) is 23.0 Å². The lowest BCUT2D eigenvalue weighted by Gasteiger charge is -2.36. The molecular formula is C18H26N2O. The number of carbonyl (C=O) groups excluding carboxylic acids is 1. The zero-order valence-corrected chi connectivity index (χ0v) is 13.1. The van der Waals surface area contributed by atoms with Crippen molar-refractivity contribution in [3.8, 4) is 0 Å². The van der Waals surface area contributed by atoms with Crippen molar-refractivity contribution in [2.24, 2.45) is 5.92 Å². The van der Waals surface area contributed by atoms with Crippen LogP contribution < -0.4 is 5.32 Å². The average molecular weight is 286 g/mol. The Morgan fingerprint density at radius 2 is 1.76 bits per heavy atom.